The van der Waals surface area contributed by atoms with Gasteiger partial charge in [-0.25, -0.2) is 10.8 Å². The molecule has 0 saturated carbocycles. The Morgan fingerprint density at radius 1 is 1.61 bits per heavy atom. The summed E-state index contributed by atoms with van der Waals surface area (Å²) in [7, 11) is 1.78. The van der Waals surface area contributed by atoms with Gasteiger partial charge in [0.2, 0.25) is 0 Å². The summed E-state index contributed by atoms with van der Waals surface area (Å²) in [5.41, 5.74) is 2.81. The van der Waals surface area contributed by atoms with Gasteiger partial charge in [-0.2, -0.15) is 0 Å². The van der Waals surface area contributed by atoms with E-state index in [2.05, 4.69) is 10.4 Å². The predicted octanol–water partition coefficient (Wildman–Crippen LogP) is 0.617. The summed E-state index contributed by atoms with van der Waals surface area (Å²) in [6, 6.07) is 5.24. The Morgan fingerprint density at radius 3 is 3.00 bits per heavy atom. The van der Waals surface area contributed by atoms with Crippen LogP contribution in [-0.2, 0) is 4.74 Å². The van der Waals surface area contributed by atoms with Crippen molar-refractivity contribution in [3.8, 4) is 0 Å². The van der Waals surface area contributed by atoms with Crippen LogP contribution in [0.2, 0.25) is 0 Å². The zero-order valence-electron chi connectivity index (χ0n) is 10.6. The molecule has 98 valence electrons. The van der Waals surface area contributed by atoms with E-state index in [0.717, 1.165) is 6.42 Å². The third-order valence-corrected chi connectivity index (χ3v) is 3.27. The largest absolute Gasteiger partial charge is 0.376 e. The standard InChI is InChI=1S/C12H18N4O2/c1-8-10(6-7-18-8)16(2)12(17)9-4-3-5-11(14-9)15-13/h3-5,8,10H,6-7,13H2,1-2H3,(H,14,15). The summed E-state index contributed by atoms with van der Waals surface area (Å²) in [4.78, 5) is 18.1. The van der Waals surface area contributed by atoms with Crippen LogP contribution in [0.15, 0.2) is 18.2 Å². The fraction of sp³-hybridized carbons (Fsp3) is 0.500. The average molecular weight is 250 g/mol. The fourth-order valence-electron chi connectivity index (χ4n) is 2.19. The van der Waals surface area contributed by atoms with Gasteiger partial charge in [0.15, 0.2) is 0 Å². The van der Waals surface area contributed by atoms with Gasteiger partial charge in [0.1, 0.15) is 11.5 Å². The smallest absolute Gasteiger partial charge is 0.272 e. The first-order valence-electron chi connectivity index (χ1n) is 5.96. The molecule has 6 nitrogen and oxygen atoms in total. The van der Waals surface area contributed by atoms with Gasteiger partial charge in [-0.3, -0.25) is 4.79 Å². The number of rotatable bonds is 3. The maximum Gasteiger partial charge on any atom is 0.272 e. The van der Waals surface area contributed by atoms with Crippen molar-refractivity contribution in [1.82, 2.24) is 9.88 Å². The minimum atomic E-state index is -0.116. The van der Waals surface area contributed by atoms with Crippen LogP contribution < -0.4 is 11.3 Å². The van der Waals surface area contributed by atoms with E-state index in [-0.39, 0.29) is 18.1 Å². The molecule has 1 aliphatic rings. The Kier molecular flexibility index (Phi) is 3.78. The van der Waals surface area contributed by atoms with Crippen molar-refractivity contribution in [3.05, 3.63) is 23.9 Å². The maximum atomic E-state index is 12.3. The van der Waals surface area contributed by atoms with E-state index in [1.54, 1.807) is 30.1 Å². The molecule has 1 aromatic rings. The first kappa shape index (κ1) is 12.8. The zero-order chi connectivity index (χ0) is 13.1. The highest BCUT2D eigenvalue weighted by molar-refractivity contribution is 5.92. The fourth-order valence-corrected chi connectivity index (χ4v) is 2.19. The number of nitrogen functional groups attached to an aromatic ring is 1. The van der Waals surface area contributed by atoms with Gasteiger partial charge in [-0.15, -0.1) is 0 Å². The molecule has 1 aromatic heterocycles. The number of aromatic nitrogens is 1. The van der Waals surface area contributed by atoms with Crippen LogP contribution in [0.3, 0.4) is 0 Å². The van der Waals surface area contributed by atoms with Gasteiger partial charge < -0.3 is 15.1 Å². The lowest BCUT2D eigenvalue weighted by Gasteiger charge is -2.26. The van der Waals surface area contributed by atoms with Crippen molar-refractivity contribution in [2.24, 2.45) is 5.84 Å². The number of anilines is 1. The molecule has 2 heterocycles. The summed E-state index contributed by atoms with van der Waals surface area (Å²) in [5.74, 6) is 5.64. The van der Waals surface area contributed by atoms with Crippen LogP contribution >= 0.6 is 0 Å². The van der Waals surface area contributed by atoms with Crippen molar-refractivity contribution in [2.45, 2.75) is 25.5 Å². The van der Waals surface area contributed by atoms with Crippen LogP contribution in [0, 0.1) is 0 Å². The van der Waals surface area contributed by atoms with E-state index in [0.29, 0.717) is 18.1 Å². The molecule has 0 aromatic carbocycles. The van der Waals surface area contributed by atoms with Gasteiger partial charge in [-0.05, 0) is 25.5 Å². The highest BCUT2D eigenvalue weighted by Gasteiger charge is 2.31. The lowest BCUT2D eigenvalue weighted by Crippen LogP contribution is -2.41. The summed E-state index contributed by atoms with van der Waals surface area (Å²) in [5, 5.41) is 0. The van der Waals surface area contributed by atoms with Crippen molar-refractivity contribution < 1.29 is 9.53 Å². The summed E-state index contributed by atoms with van der Waals surface area (Å²) in [6.07, 6.45) is 0.924. The van der Waals surface area contributed by atoms with E-state index < -0.39 is 0 Å². The number of nitrogens with two attached hydrogens (primary N) is 1. The molecule has 2 rings (SSSR count). The number of carbonyl (C=O) groups excluding carboxylic acids is 1. The molecular weight excluding hydrogens is 232 g/mol. The molecule has 0 aliphatic carbocycles. The molecule has 2 atom stereocenters. The third-order valence-electron chi connectivity index (χ3n) is 3.27. The van der Waals surface area contributed by atoms with E-state index in [1.165, 1.54) is 0 Å². The third kappa shape index (κ3) is 2.44. The molecule has 1 aliphatic heterocycles. The molecular formula is C12H18N4O2. The highest BCUT2D eigenvalue weighted by Crippen LogP contribution is 2.19. The lowest BCUT2D eigenvalue weighted by atomic mass is 10.1. The van der Waals surface area contributed by atoms with Crippen LogP contribution in [0.1, 0.15) is 23.8 Å². The number of hydrogen-bond donors (Lipinski definition) is 2. The second kappa shape index (κ2) is 5.32. The number of hydrazine groups is 1. The Bertz CT molecular complexity index is 438. The first-order valence-corrected chi connectivity index (χ1v) is 5.96. The number of hydrogen-bond acceptors (Lipinski definition) is 5. The summed E-state index contributed by atoms with van der Waals surface area (Å²) >= 11 is 0. The maximum absolute atomic E-state index is 12.3. The van der Waals surface area contributed by atoms with Gasteiger partial charge in [0.05, 0.1) is 12.1 Å². The van der Waals surface area contributed by atoms with Crippen molar-refractivity contribution >= 4 is 11.7 Å². The molecule has 3 N–H and O–H groups in total. The molecule has 0 bridgehead atoms. The predicted molar refractivity (Wildman–Crippen MR) is 68.0 cm³/mol. The molecule has 2 unspecified atom stereocenters. The Labute approximate surface area is 106 Å². The quantitative estimate of drug-likeness (QED) is 0.607. The van der Waals surface area contributed by atoms with Crippen LogP contribution in [0.25, 0.3) is 0 Å². The first-order chi connectivity index (χ1) is 8.63. The van der Waals surface area contributed by atoms with E-state index in [1.807, 2.05) is 6.92 Å². The second-order valence-electron chi connectivity index (χ2n) is 4.40. The minimum absolute atomic E-state index is 0.0646. The minimum Gasteiger partial charge on any atom is -0.376 e. The number of nitrogens with zero attached hydrogens (tertiary/aromatic N) is 2. The normalized spacial score (nSPS) is 22.8. The molecule has 1 amide bonds. The number of amides is 1. The molecule has 1 fully saturated rings. The van der Waals surface area contributed by atoms with Crippen molar-refractivity contribution in [2.75, 3.05) is 19.1 Å². The van der Waals surface area contributed by atoms with Crippen molar-refractivity contribution in [3.63, 3.8) is 0 Å². The van der Waals surface area contributed by atoms with E-state index in [4.69, 9.17) is 10.6 Å². The Balaban J connectivity index is 2.14. The van der Waals surface area contributed by atoms with Gasteiger partial charge in [-0.1, -0.05) is 6.07 Å². The topological polar surface area (TPSA) is 80.5 Å². The Morgan fingerprint density at radius 2 is 2.39 bits per heavy atom. The SMILES string of the molecule is CC1OCCC1N(C)C(=O)c1cccc(NN)n1. The molecule has 6 heteroatoms. The summed E-state index contributed by atoms with van der Waals surface area (Å²) in [6.45, 7) is 2.67. The van der Waals surface area contributed by atoms with Gasteiger partial charge in [0, 0.05) is 13.7 Å². The molecule has 0 spiro atoms. The van der Waals surface area contributed by atoms with Crippen LogP contribution in [0.4, 0.5) is 5.82 Å². The van der Waals surface area contributed by atoms with Crippen LogP contribution in [0.5, 0.6) is 0 Å². The lowest BCUT2D eigenvalue weighted by molar-refractivity contribution is 0.0570. The van der Waals surface area contributed by atoms with Crippen LogP contribution in [-0.4, -0.2) is 41.6 Å². The van der Waals surface area contributed by atoms with Gasteiger partial charge in [0.25, 0.3) is 5.91 Å². The van der Waals surface area contributed by atoms with Gasteiger partial charge >= 0.3 is 0 Å². The monoisotopic (exact) mass is 250 g/mol. The number of likely N-dealkylation sites (N-methyl/N-ethyl adjacent to an activating group) is 1. The molecule has 0 radical (unpaired) electrons. The van der Waals surface area contributed by atoms with E-state index >= 15 is 0 Å². The number of carbonyl (C=O) groups is 1. The van der Waals surface area contributed by atoms with E-state index in [9.17, 15) is 4.79 Å². The van der Waals surface area contributed by atoms with Crippen molar-refractivity contribution in [1.29, 1.82) is 0 Å². The molecule has 1 saturated heterocycles. The number of ether oxygens (including phenoxy) is 1. The second-order valence-corrected chi connectivity index (χ2v) is 4.40. The number of nitrogens with one attached hydrogen (secondary N) is 1. The highest BCUT2D eigenvalue weighted by atomic mass is 16.5. The average Bonchev–Trinajstić information content (AvgIpc) is 2.83. The Hall–Kier alpha value is -1.66. The zero-order valence-corrected chi connectivity index (χ0v) is 10.6. The number of pyridine rings is 1. The summed E-state index contributed by atoms with van der Waals surface area (Å²) < 4.78 is 5.47. The molecule has 18 heavy (non-hydrogen) atoms.